The Labute approximate surface area is 132 Å². The van der Waals surface area contributed by atoms with Crippen LogP contribution in [-0.4, -0.2) is 31.1 Å². The number of benzene rings is 1. The molecule has 1 N–H and O–H groups in total. The first-order valence-electron chi connectivity index (χ1n) is 7.47. The first kappa shape index (κ1) is 16.1. The lowest BCUT2D eigenvalue weighted by atomic mass is 9.99. The third-order valence-electron chi connectivity index (χ3n) is 4.20. The fourth-order valence-corrected chi connectivity index (χ4v) is 2.93. The van der Waals surface area contributed by atoms with Gasteiger partial charge in [0.1, 0.15) is 0 Å². The molecule has 2 nitrogen and oxygen atoms in total. The molecule has 1 aliphatic heterocycles. The van der Waals surface area contributed by atoms with Gasteiger partial charge in [0.15, 0.2) is 0 Å². The summed E-state index contributed by atoms with van der Waals surface area (Å²) < 4.78 is 0. The van der Waals surface area contributed by atoms with Crippen LogP contribution in [0.25, 0.3) is 0 Å². The summed E-state index contributed by atoms with van der Waals surface area (Å²) in [5, 5.41) is 4.80. The van der Waals surface area contributed by atoms with Gasteiger partial charge in [-0.2, -0.15) is 0 Å². The zero-order valence-electron chi connectivity index (χ0n) is 12.3. The molecule has 4 heteroatoms. The van der Waals surface area contributed by atoms with Crippen LogP contribution in [0.3, 0.4) is 0 Å². The summed E-state index contributed by atoms with van der Waals surface area (Å²) >= 11 is 12.0. The molecular formula is C16H24Cl2N2. The molecule has 0 radical (unpaired) electrons. The van der Waals surface area contributed by atoms with Crippen molar-refractivity contribution in [3.05, 3.63) is 33.8 Å². The van der Waals surface area contributed by atoms with E-state index in [0.717, 1.165) is 19.0 Å². The lowest BCUT2D eigenvalue weighted by Crippen LogP contribution is -2.38. The lowest BCUT2D eigenvalue weighted by molar-refractivity contribution is 0.191. The van der Waals surface area contributed by atoms with Gasteiger partial charge in [0, 0.05) is 19.1 Å². The van der Waals surface area contributed by atoms with E-state index in [-0.39, 0.29) is 0 Å². The van der Waals surface area contributed by atoms with E-state index in [9.17, 15) is 0 Å². The second-order valence-electron chi connectivity index (χ2n) is 5.87. The summed E-state index contributed by atoms with van der Waals surface area (Å²) in [5.74, 6) is 0.898. The van der Waals surface area contributed by atoms with Crippen LogP contribution in [0.5, 0.6) is 0 Å². The Morgan fingerprint density at radius 2 is 1.95 bits per heavy atom. The van der Waals surface area contributed by atoms with Crippen LogP contribution in [0.1, 0.15) is 38.3 Å². The number of rotatable bonds is 5. The van der Waals surface area contributed by atoms with Crippen molar-refractivity contribution < 1.29 is 0 Å². The zero-order chi connectivity index (χ0) is 14.5. The molecule has 0 amide bonds. The van der Waals surface area contributed by atoms with Crippen LogP contribution in [0.4, 0.5) is 0 Å². The van der Waals surface area contributed by atoms with Crippen molar-refractivity contribution in [2.24, 2.45) is 5.92 Å². The van der Waals surface area contributed by atoms with Gasteiger partial charge in [-0.05, 0) is 56.5 Å². The van der Waals surface area contributed by atoms with E-state index >= 15 is 0 Å². The number of nitrogens with one attached hydrogen (secondary N) is 1. The number of piperidine rings is 1. The molecular weight excluding hydrogens is 291 g/mol. The molecule has 1 atom stereocenters. The molecule has 1 saturated heterocycles. The third-order valence-corrected chi connectivity index (χ3v) is 4.94. The minimum atomic E-state index is 0.300. The third kappa shape index (κ3) is 4.63. The number of hydrogen-bond donors (Lipinski definition) is 1. The number of likely N-dealkylation sites (tertiary alicyclic amines) is 1. The number of nitrogens with zero attached hydrogens (tertiary/aromatic N) is 1. The van der Waals surface area contributed by atoms with Gasteiger partial charge in [-0.25, -0.2) is 0 Å². The lowest BCUT2D eigenvalue weighted by Gasteiger charge is -2.30. The Balaban J connectivity index is 1.74. The SMILES string of the molecule is CC1CCN(CCNC(C)c2ccc(Cl)c(Cl)c2)CC1. The van der Waals surface area contributed by atoms with Crippen LogP contribution in [0.2, 0.25) is 10.0 Å². The van der Waals surface area contributed by atoms with E-state index < -0.39 is 0 Å². The Kier molecular flexibility index (Phi) is 6.16. The van der Waals surface area contributed by atoms with E-state index in [4.69, 9.17) is 23.2 Å². The van der Waals surface area contributed by atoms with Crippen molar-refractivity contribution in [1.82, 2.24) is 10.2 Å². The second-order valence-corrected chi connectivity index (χ2v) is 6.69. The summed E-state index contributed by atoms with van der Waals surface area (Å²) in [6, 6.07) is 6.15. The van der Waals surface area contributed by atoms with Crippen LogP contribution in [0, 0.1) is 5.92 Å². The van der Waals surface area contributed by atoms with E-state index in [2.05, 4.69) is 24.1 Å². The minimum Gasteiger partial charge on any atom is -0.309 e. The van der Waals surface area contributed by atoms with Gasteiger partial charge in [-0.3, -0.25) is 0 Å². The predicted molar refractivity (Wildman–Crippen MR) is 87.7 cm³/mol. The van der Waals surface area contributed by atoms with Crippen LogP contribution in [0.15, 0.2) is 18.2 Å². The molecule has 1 aromatic rings. The summed E-state index contributed by atoms with van der Waals surface area (Å²) in [6.45, 7) is 9.13. The fourth-order valence-electron chi connectivity index (χ4n) is 2.62. The Hall–Kier alpha value is -0.280. The first-order valence-corrected chi connectivity index (χ1v) is 8.22. The predicted octanol–water partition coefficient (Wildman–Crippen LogP) is 4.38. The first-order chi connectivity index (χ1) is 9.56. The molecule has 0 aromatic heterocycles. The highest BCUT2D eigenvalue weighted by Gasteiger charge is 2.15. The average molecular weight is 315 g/mol. The van der Waals surface area contributed by atoms with Crippen LogP contribution >= 0.6 is 23.2 Å². The normalized spacial score (nSPS) is 19.2. The van der Waals surface area contributed by atoms with E-state index in [1.165, 1.54) is 31.5 Å². The molecule has 1 unspecified atom stereocenters. The molecule has 0 saturated carbocycles. The maximum atomic E-state index is 6.06. The molecule has 112 valence electrons. The molecule has 1 aliphatic rings. The minimum absolute atomic E-state index is 0.300. The maximum absolute atomic E-state index is 6.06. The largest absolute Gasteiger partial charge is 0.309 e. The molecule has 0 spiro atoms. The maximum Gasteiger partial charge on any atom is 0.0595 e. The highest BCUT2D eigenvalue weighted by Crippen LogP contribution is 2.25. The second kappa shape index (κ2) is 7.65. The van der Waals surface area contributed by atoms with Gasteiger partial charge >= 0.3 is 0 Å². The summed E-state index contributed by atoms with van der Waals surface area (Å²) in [4.78, 5) is 2.55. The van der Waals surface area contributed by atoms with Gasteiger partial charge in [0.05, 0.1) is 10.0 Å². The van der Waals surface area contributed by atoms with Crippen molar-refractivity contribution in [2.75, 3.05) is 26.2 Å². The molecule has 1 aromatic carbocycles. The van der Waals surface area contributed by atoms with Crippen LogP contribution < -0.4 is 5.32 Å². The number of halogens is 2. The smallest absolute Gasteiger partial charge is 0.0595 e. The Morgan fingerprint density at radius 3 is 2.60 bits per heavy atom. The van der Waals surface area contributed by atoms with Crippen molar-refractivity contribution in [3.8, 4) is 0 Å². The monoisotopic (exact) mass is 314 g/mol. The highest BCUT2D eigenvalue weighted by atomic mass is 35.5. The quantitative estimate of drug-likeness (QED) is 0.867. The van der Waals surface area contributed by atoms with Crippen molar-refractivity contribution in [2.45, 2.75) is 32.7 Å². The zero-order valence-corrected chi connectivity index (χ0v) is 13.8. The topological polar surface area (TPSA) is 15.3 Å². The van der Waals surface area contributed by atoms with Gasteiger partial charge in [-0.15, -0.1) is 0 Å². The Morgan fingerprint density at radius 1 is 1.25 bits per heavy atom. The summed E-state index contributed by atoms with van der Waals surface area (Å²) in [5.41, 5.74) is 1.19. The van der Waals surface area contributed by atoms with Crippen molar-refractivity contribution in [3.63, 3.8) is 0 Å². The molecule has 0 bridgehead atoms. The Bertz CT molecular complexity index is 428. The molecule has 1 heterocycles. The molecule has 20 heavy (non-hydrogen) atoms. The fraction of sp³-hybridized carbons (Fsp3) is 0.625. The average Bonchev–Trinajstić information content (AvgIpc) is 2.44. The highest BCUT2D eigenvalue weighted by molar-refractivity contribution is 6.42. The molecule has 0 aliphatic carbocycles. The van der Waals surface area contributed by atoms with E-state index in [1.807, 2.05) is 18.2 Å². The van der Waals surface area contributed by atoms with Gasteiger partial charge in [-0.1, -0.05) is 36.2 Å². The molecule has 1 fully saturated rings. The van der Waals surface area contributed by atoms with Gasteiger partial charge in [0.25, 0.3) is 0 Å². The van der Waals surface area contributed by atoms with Crippen molar-refractivity contribution >= 4 is 23.2 Å². The summed E-state index contributed by atoms with van der Waals surface area (Å²) in [6.07, 6.45) is 2.67. The number of hydrogen-bond acceptors (Lipinski definition) is 2. The standard InChI is InChI=1S/C16H24Cl2N2/c1-12-5-8-20(9-6-12)10-7-19-13(2)14-3-4-15(17)16(18)11-14/h3-4,11-13,19H,5-10H2,1-2H3. The summed E-state index contributed by atoms with van der Waals surface area (Å²) in [7, 11) is 0. The van der Waals surface area contributed by atoms with Crippen molar-refractivity contribution in [1.29, 1.82) is 0 Å². The molecule has 2 rings (SSSR count). The van der Waals surface area contributed by atoms with Crippen LogP contribution in [-0.2, 0) is 0 Å². The van der Waals surface area contributed by atoms with E-state index in [0.29, 0.717) is 16.1 Å². The van der Waals surface area contributed by atoms with Gasteiger partial charge in [0.2, 0.25) is 0 Å². The van der Waals surface area contributed by atoms with E-state index in [1.54, 1.807) is 0 Å². The van der Waals surface area contributed by atoms with Gasteiger partial charge < -0.3 is 10.2 Å².